The fourth-order valence-corrected chi connectivity index (χ4v) is 2.44. The lowest BCUT2D eigenvalue weighted by atomic mass is 9.75. The van der Waals surface area contributed by atoms with Crippen LogP contribution >= 0.6 is 0 Å². The van der Waals surface area contributed by atoms with Crippen LogP contribution in [0.1, 0.15) is 33.3 Å². The summed E-state index contributed by atoms with van der Waals surface area (Å²) in [6, 6.07) is 1.97. The Bertz CT molecular complexity index is 630. The quantitative estimate of drug-likeness (QED) is 0.330. The van der Waals surface area contributed by atoms with Crippen LogP contribution in [-0.4, -0.2) is 37.9 Å². The van der Waals surface area contributed by atoms with Crippen LogP contribution in [0.5, 0.6) is 5.75 Å². The molecule has 0 amide bonds. The van der Waals surface area contributed by atoms with Gasteiger partial charge >= 0.3 is 13.3 Å². The maximum atomic E-state index is 14.3. The van der Waals surface area contributed by atoms with Gasteiger partial charge in [0.2, 0.25) is 0 Å². The number of halogens is 4. The number of hydrogen-bond acceptors (Lipinski definition) is 4. The Hall–Kier alpha value is -1.32. The van der Waals surface area contributed by atoms with Crippen molar-refractivity contribution in [2.75, 3.05) is 13.4 Å². The monoisotopic (exact) mass is 377 g/mol. The molecule has 0 unspecified atom stereocenters. The topological polar surface area (TPSA) is 36.9 Å². The third kappa shape index (κ3) is 4.69. The SMILES string of the molecule is [CH2]COCOc1cc(CC(F)(F)F)c(B2OC(C)(C)C(C)(C)O2)cc1F. The normalized spacial score (nSPS) is 19.0. The Kier molecular flexibility index (Phi) is 5.94. The number of benzene rings is 1. The van der Waals surface area contributed by atoms with Crippen molar-refractivity contribution in [3.05, 3.63) is 30.4 Å². The van der Waals surface area contributed by atoms with E-state index >= 15 is 0 Å². The van der Waals surface area contributed by atoms with Crippen molar-refractivity contribution in [1.82, 2.24) is 0 Å². The smallest absolute Gasteiger partial charge is 0.464 e. The second-order valence-corrected chi connectivity index (χ2v) is 7.03. The fourth-order valence-electron chi connectivity index (χ4n) is 2.44. The van der Waals surface area contributed by atoms with Gasteiger partial charge in [0.15, 0.2) is 18.4 Å². The van der Waals surface area contributed by atoms with Gasteiger partial charge in [-0.2, -0.15) is 13.2 Å². The van der Waals surface area contributed by atoms with E-state index in [4.69, 9.17) is 18.8 Å². The predicted molar refractivity (Wildman–Crippen MR) is 88.7 cm³/mol. The van der Waals surface area contributed by atoms with Gasteiger partial charge in [-0.1, -0.05) is 0 Å². The number of alkyl halides is 3. The molecule has 0 saturated carbocycles. The van der Waals surface area contributed by atoms with Gasteiger partial charge in [0.05, 0.1) is 24.2 Å². The zero-order chi connectivity index (χ0) is 19.8. The highest BCUT2D eigenvalue weighted by molar-refractivity contribution is 6.62. The van der Waals surface area contributed by atoms with Gasteiger partial charge in [-0.15, -0.1) is 0 Å². The van der Waals surface area contributed by atoms with E-state index in [2.05, 4.69) is 6.92 Å². The Morgan fingerprint density at radius 1 is 1.12 bits per heavy atom. The van der Waals surface area contributed by atoms with Crippen molar-refractivity contribution < 1.29 is 36.3 Å². The van der Waals surface area contributed by atoms with Crippen molar-refractivity contribution >= 4 is 12.6 Å². The molecule has 1 heterocycles. The Morgan fingerprint density at radius 2 is 1.69 bits per heavy atom. The van der Waals surface area contributed by atoms with E-state index in [1.165, 1.54) is 0 Å². The molecule has 26 heavy (non-hydrogen) atoms. The molecule has 1 fully saturated rings. The highest BCUT2D eigenvalue weighted by Crippen LogP contribution is 2.37. The van der Waals surface area contributed by atoms with E-state index in [1.807, 2.05) is 0 Å². The summed E-state index contributed by atoms with van der Waals surface area (Å²) in [4.78, 5) is 0. The highest BCUT2D eigenvalue weighted by Gasteiger charge is 2.52. The second kappa shape index (κ2) is 7.36. The molecular formula is C17H22BF4O4. The molecule has 9 heteroatoms. The number of ether oxygens (including phenoxy) is 2. The van der Waals surface area contributed by atoms with Crippen molar-refractivity contribution in [2.24, 2.45) is 0 Å². The molecule has 0 atom stereocenters. The predicted octanol–water partition coefficient (Wildman–Crippen LogP) is 3.42. The summed E-state index contributed by atoms with van der Waals surface area (Å²) in [6.45, 7) is 10.2. The Morgan fingerprint density at radius 3 is 2.19 bits per heavy atom. The summed E-state index contributed by atoms with van der Waals surface area (Å²) in [7, 11) is -1.11. The molecule has 0 bridgehead atoms. The molecule has 1 aliphatic rings. The molecule has 1 radical (unpaired) electrons. The van der Waals surface area contributed by atoms with Gasteiger partial charge < -0.3 is 18.8 Å². The summed E-state index contributed by atoms with van der Waals surface area (Å²) in [6.07, 6.45) is -5.75. The molecule has 1 saturated heterocycles. The number of hydrogen-bond donors (Lipinski definition) is 0. The summed E-state index contributed by atoms with van der Waals surface area (Å²) >= 11 is 0. The minimum atomic E-state index is -4.49. The standard InChI is InChI=1S/C17H22BF4O4/c1-6-23-10-24-14-7-11(9-17(20,21)22)12(8-13(14)19)18-25-15(2,3)16(4,5)26-18/h7-8H,1,6,9-10H2,2-5H3. The maximum absolute atomic E-state index is 14.3. The average Bonchev–Trinajstić information content (AvgIpc) is 2.69. The highest BCUT2D eigenvalue weighted by atomic mass is 19.4. The van der Waals surface area contributed by atoms with Crippen LogP contribution in [0.4, 0.5) is 17.6 Å². The molecule has 4 nitrogen and oxygen atoms in total. The number of rotatable bonds is 6. The van der Waals surface area contributed by atoms with Crippen LogP contribution in [0.3, 0.4) is 0 Å². The van der Waals surface area contributed by atoms with Crippen molar-refractivity contribution in [2.45, 2.75) is 51.5 Å². The van der Waals surface area contributed by atoms with E-state index in [9.17, 15) is 17.6 Å². The molecule has 0 spiro atoms. The van der Waals surface area contributed by atoms with Gasteiger partial charge in [0.25, 0.3) is 0 Å². The van der Waals surface area contributed by atoms with Crippen molar-refractivity contribution in [3.63, 3.8) is 0 Å². The van der Waals surface area contributed by atoms with Gasteiger partial charge in [0, 0.05) is 0 Å². The maximum Gasteiger partial charge on any atom is 0.495 e. The summed E-state index contributed by atoms with van der Waals surface area (Å²) in [5.74, 6) is -1.16. The summed E-state index contributed by atoms with van der Waals surface area (Å²) < 4.78 is 74.8. The molecule has 145 valence electrons. The van der Waals surface area contributed by atoms with Crippen LogP contribution in [0.2, 0.25) is 0 Å². The summed E-state index contributed by atoms with van der Waals surface area (Å²) in [5, 5.41) is 0. The molecule has 0 aromatic heterocycles. The Labute approximate surface area is 150 Å². The van der Waals surface area contributed by atoms with Gasteiger partial charge in [0.1, 0.15) is 0 Å². The van der Waals surface area contributed by atoms with Gasteiger partial charge in [-0.05, 0) is 57.8 Å². The molecule has 1 aromatic carbocycles. The first kappa shape index (κ1) is 21.0. The van der Waals surface area contributed by atoms with Gasteiger partial charge in [-0.3, -0.25) is 0 Å². The zero-order valence-corrected chi connectivity index (χ0v) is 15.2. The largest absolute Gasteiger partial charge is 0.495 e. The van der Waals surface area contributed by atoms with Crippen molar-refractivity contribution in [3.8, 4) is 5.75 Å². The minimum Gasteiger partial charge on any atom is -0.464 e. The second-order valence-electron chi connectivity index (χ2n) is 7.03. The summed E-state index contributed by atoms with van der Waals surface area (Å²) in [5.41, 5.74) is -1.72. The van der Waals surface area contributed by atoms with Gasteiger partial charge in [-0.25, -0.2) is 4.39 Å². The zero-order valence-electron chi connectivity index (χ0n) is 15.2. The first-order chi connectivity index (χ1) is 11.9. The van der Waals surface area contributed by atoms with Crippen LogP contribution in [-0.2, 0) is 20.5 Å². The molecule has 2 rings (SSSR count). The van der Waals surface area contributed by atoms with E-state index < -0.39 is 36.7 Å². The average molecular weight is 377 g/mol. The fraction of sp³-hybridized carbons (Fsp3) is 0.588. The van der Waals surface area contributed by atoms with E-state index in [-0.39, 0.29) is 30.2 Å². The molecule has 1 aromatic rings. The Balaban J connectivity index is 2.39. The van der Waals surface area contributed by atoms with Crippen LogP contribution < -0.4 is 10.2 Å². The third-order valence-corrected chi connectivity index (χ3v) is 4.53. The first-order valence-electron chi connectivity index (χ1n) is 8.11. The molecule has 1 aliphatic heterocycles. The van der Waals surface area contributed by atoms with Crippen LogP contribution in [0.15, 0.2) is 12.1 Å². The lowest BCUT2D eigenvalue weighted by molar-refractivity contribution is -0.127. The van der Waals surface area contributed by atoms with Crippen LogP contribution in [0.25, 0.3) is 0 Å². The molecular weight excluding hydrogens is 355 g/mol. The third-order valence-electron chi connectivity index (χ3n) is 4.53. The minimum absolute atomic E-state index is 0.0103. The van der Waals surface area contributed by atoms with E-state index in [0.29, 0.717) is 0 Å². The van der Waals surface area contributed by atoms with Crippen molar-refractivity contribution in [1.29, 1.82) is 0 Å². The first-order valence-corrected chi connectivity index (χ1v) is 8.11. The molecule has 0 N–H and O–H groups in total. The molecule has 0 aliphatic carbocycles. The lowest BCUT2D eigenvalue weighted by Gasteiger charge is -2.32. The van der Waals surface area contributed by atoms with Crippen LogP contribution in [0, 0.1) is 12.7 Å². The van der Waals surface area contributed by atoms with E-state index in [1.54, 1.807) is 27.7 Å². The van der Waals surface area contributed by atoms with E-state index in [0.717, 1.165) is 12.1 Å². The lowest BCUT2D eigenvalue weighted by Crippen LogP contribution is -2.41.